The van der Waals surface area contributed by atoms with Crippen LogP contribution in [0.15, 0.2) is 29.2 Å². The standard InChI is InChI=1S/C17H27N3O4S/c1-4-10-18-25(22,23)14-8-6-13(7-9-14)17(21)19-15-11-20(3)12-16(15)24-5-2/h6-9,15-16,18H,4-5,10-12H2,1-3H3,(H,19,21)/t15-,16-/m0/s1. The Kier molecular flexibility index (Phi) is 6.95. The summed E-state index contributed by atoms with van der Waals surface area (Å²) in [5, 5.41) is 2.98. The van der Waals surface area contributed by atoms with E-state index >= 15 is 0 Å². The Morgan fingerprint density at radius 1 is 1.24 bits per heavy atom. The Labute approximate surface area is 149 Å². The molecule has 0 aromatic heterocycles. The zero-order chi connectivity index (χ0) is 18.4. The molecule has 1 fully saturated rings. The van der Waals surface area contributed by atoms with E-state index in [9.17, 15) is 13.2 Å². The molecule has 140 valence electrons. The van der Waals surface area contributed by atoms with E-state index in [2.05, 4.69) is 14.9 Å². The molecular formula is C17H27N3O4S. The lowest BCUT2D eigenvalue weighted by Gasteiger charge is -2.19. The monoisotopic (exact) mass is 369 g/mol. The number of ether oxygens (including phenoxy) is 1. The van der Waals surface area contributed by atoms with Crippen LogP contribution in [0.5, 0.6) is 0 Å². The van der Waals surface area contributed by atoms with Gasteiger partial charge in [0, 0.05) is 31.8 Å². The fraction of sp³-hybridized carbons (Fsp3) is 0.588. The van der Waals surface area contributed by atoms with Gasteiger partial charge in [-0.05, 0) is 44.7 Å². The SMILES string of the molecule is CCCNS(=O)(=O)c1ccc(C(=O)N[C@H]2CN(C)C[C@@H]2OCC)cc1. The zero-order valence-corrected chi connectivity index (χ0v) is 15.8. The molecule has 0 bridgehead atoms. The van der Waals surface area contributed by atoms with Crippen molar-refractivity contribution in [3.8, 4) is 0 Å². The third kappa shape index (κ3) is 5.24. The van der Waals surface area contributed by atoms with E-state index < -0.39 is 10.0 Å². The van der Waals surface area contributed by atoms with Crippen LogP contribution in [0.4, 0.5) is 0 Å². The van der Waals surface area contributed by atoms with Crippen molar-refractivity contribution in [2.45, 2.75) is 37.3 Å². The molecule has 25 heavy (non-hydrogen) atoms. The topological polar surface area (TPSA) is 87.7 Å². The molecule has 1 aromatic rings. The van der Waals surface area contributed by atoms with E-state index in [4.69, 9.17) is 4.74 Å². The number of nitrogens with zero attached hydrogens (tertiary/aromatic N) is 1. The second-order valence-corrected chi connectivity index (χ2v) is 7.98. The highest BCUT2D eigenvalue weighted by Crippen LogP contribution is 2.14. The third-order valence-electron chi connectivity index (χ3n) is 4.11. The van der Waals surface area contributed by atoms with Crippen LogP contribution in [0.1, 0.15) is 30.6 Å². The van der Waals surface area contributed by atoms with Gasteiger partial charge in [0.1, 0.15) is 0 Å². The summed E-state index contributed by atoms with van der Waals surface area (Å²) in [4.78, 5) is 14.7. The van der Waals surface area contributed by atoms with Crippen LogP contribution in [-0.2, 0) is 14.8 Å². The van der Waals surface area contributed by atoms with Gasteiger partial charge in [-0.3, -0.25) is 4.79 Å². The maximum absolute atomic E-state index is 12.4. The average Bonchev–Trinajstić information content (AvgIpc) is 2.92. The summed E-state index contributed by atoms with van der Waals surface area (Å²) in [5.41, 5.74) is 0.430. The highest BCUT2D eigenvalue weighted by Gasteiger charge is 2.32. The molecule has 1 aromatic carbocycles. The molecule has 1 heterocycles. The quantitative estimate of drug-likeness (QED) is 0.708. The van der Waals surface area contributed by atoms with Crippen molar-refractivity contribution in [1.82, 2.24) is 14.9 Å². The summed E-state index contributed by atoms with van der Waals surface area (Å²) in [6.07, 6.45) is 0.688. The zero-order valence-electron chi connectivity index (χ0n) is 15.0. The maximum Gasteiger partial charge on any atom is 0.251 e. The Morgan fingerprint density at radius 3 is 2.52 bits per heavy atom. The Morgan fingerprint density at radius 2 is 1.92 bits per heavy atom. The Balaban J connectivity index is 2.03. The summed E-state index contributed by atoms with van der Waals surface area (Å²) in [5.74, 6) is -0.226. The molecule has 2 N–H and O–H groups in total. The van der Waals surface area contributed by atoms with Gasteiger partial charge in [-0.2, -0.15) is 0 Å². The fourth-order valence-electron chi connectivity index (χ4n) is 2.84. The summed E-state index contributed by atoms with van der Waals surface area (Å²) < 4.78 is 32.3. The Bertz CT molecular complexity index is 676. The van der Waals surface area contributed by atoms with E-state index in [0.717, 1.165) is 19.5 Å². The first kappa shape index (κ1) is 19.8. The highest BCUT2D eigenvalue weighted by molar-refractivity contribution is 7.89. The summed E-state index contributed by atoms with van der Waals surface area (Å²) in [6, 6.07) is 5.89. The molecule has 0 aliphatic carbocycles. The summed E-state index contributed by atoms with van der Waals surface area (Å²) in [6.45, 7) is 6.32. The molecule has 0 unspecified atom stereocenters. The van der Waals surface area contributed by atoms with Crippen molar-refractivity contribution in [3.63, 3.8) is 0 Å². The maximum atomic E-state index is 12.4. The molecular weight excluding hydrogens is 342 g/mol. The van der Waals surface area contributed by atoms with Gasteiger partial charge in [0.15, 0.2) is 0 Å². The second-order valence-electron chi connectivity index (χ2n) is 6.22. The number of hydrogen-bond acceptors (Lipinski definition) is 5. The first-order valence-electron chi connectivity index (χ1n) is 8.58. The molecule has 0 spiro atoms. The molecule has 1 aliphatic rings. The minimum atomic E-state index is -3.52. The van der Waals surface area contributed by atoms with Crippen LogP contribution in [0.3, 0.4) is 0 Å². The molecule has 0 saturated carbocycles. The van der Waals surface area contributed by atoms with Gasteiger partial charge in [0.2, 0.25) is 10.0 Å². The smallest absolute Gasteiger partial charge is 0.251 e. The number of likely N-dealkylation sites (N-methyl/N-ethyl adjacent to an activating group) is 1. The normalized spacial score (nSPS) is 21.4. The molecule has 1 saturated heterocycles. The lowest BCUT2D eigenvalue weighted by Crippen LogP contribution is -2.44. The van der Waals surface area contributed by atoms with Crippen LogP contribution in [0, 0.1) is 0 Å². The first-order chi connectivity index (χ1) is 11.9. The molecule has 8 heteroatoms. The van der Waals surface area contributed by atoms with Crippen molar-refractivity contribution < 1.29 is 17.9 Å². The van der Waals surface area contributed by atoms with Gasteiger partial charge >= 0.3 is 0 Å². The predicted octanol–water partition coefficient (Wildman–Crippen LogP) is 0.824. The number of hydrogen-bond donors (Lipinski definition) is 2. The van der Waals surface area contributed by atoms with Gasteiger partial charge in [0.25, 0.3) is 5.91 Å². The second kappa shape index (κ2) is 8.75. The fourth-order valence-corrected chi connectivity index (χ4v) is 3.97. The number of likely N-dealkylation sites (tertiary alicyclic amines) is 1. The van der Waals surface area contributed by atoms with Crippen molar-refractivity contribution in [2.24, 2.45) is 0 Å². The number of benzene rings is 1. The largest absolute Gasteiger partial charge is 0.375 e. The van der Waals surface area contributed by atoms with E-state index in [1.165, 1.54) is 24.3 Å². The van der Waals surface area contributed by atoms with Gasteiger partial charge in [0.05, 0.1) is 17.0 Å². The summed E-state index contributed by atoms with van der Waals surface area (Å²) >= 11 is 0. The third-order valence-corrected chi connectivity index (χ3v) is 5.59. The number of carbonyl (C=O) groups excluding carboxylic acids is 1. The number of nitrogens with one attached hydrogen (secondary N) is 2. The summed E-state index contributed by atoms with van der Waals surface area (Å²) in [7, 11) is -1.53. The van der Waals surface area contributed by atoms with Crippen molar-refractivity contribution >= 4 is 15.9 Å². The highest BCUT2D eigenvalue weighted by atomic mass is 32.2. The molecule has 1 aliphatic heterocycles. The lowest BCUT2D eigenvalue weighted by atomic mass is 10.1. The van der Waals surface area contributed by atoms with Crippen LogP contribution in [-0.4, -0.2) is 64.7 Å². The van der Waals surface area contributed by atoms with Gasteiger partial charge in [-0.25, -0.2) is 13.1 Å². The van der Waals surface area contributed by atoms with Gasteiger partial charge in [-0.15, -0.1) is 0 Å². The van der Waals surface area contributed by atoms with Crippen LogP contribution >= 0.6 is 0 Å². The lowest BCUT2D eigenvalue weighted by molar-refractivity contribution is 0.0513. The van der Waals surface area contributed by atoms with Gasteiger partial charge in [-0.1, -0.05) is 6.92 Å². The van der Waals surface area contributed by atoms with Crippen LogP contribution in [0.2, 0.25) is 0 Å². The first-order valence-corrected chi connectivity index (χ1v) is 10.1. The van der Waals surface area contributed by atoms with E-state index in [-0.39, 0.29) is 22.9 Å². The predicted molar refractivity (Wildman–Crippen MR) is 96.1 cm³/mol. The average molecular weight is 369 g/mol. The van der Waals surface area contributed by atoms with Crippen molar-refractivity contribution in [3.05, 3.63) is 29.8 Å². The van der Waals surface area contributed by atoms with Crippen molar-refractivity contribution in [2.75, 3.05) is 33.3 Å². The van der Waals surface area contributed by atoms with E-state index in [0.29, 0.717) is 18.7 Å². The minimum Gasteiger partial charge on any atom is -0.375 e. The van der Waals surface area contributed by atoms with E-state index in [1.54, 1.807) is 0 Å². The van der Waals surface area contributed by atoms with Gasteiger partial charge < -0.3 is 15.0 Å². The number of amides is 1. The minimum absolute atomic E-state index is 0.0307. The molecule has 1 amide bonds. The number of carbonyl (C=O) groups is 1. The molecule has 7 nitrogen and oxygen atoms in total. The number of sulfonamides is 1. The van der Waals surface area contributed by atoms with E-state index in [1.807, 2.05) is 20.9 Å². The number of rotatable bonds is 8. The molecule has 0 radical (unpaired) electrons. The Hall–Kier alpha value is -1.48. The molecule has 2 atom stereocenters. The van der Waals surface area contributed by atoms with Crippen LogP contribution in [0.25, 0.3) is 0 Å². The molecule has 2 rings (SSSR count). The van der Waals surface area contributed by atoms with Crippen LogP contribution < -0.4 is 10.0 Å². The van der Waals surface area contributed by atoms with Crippen molar-refractivity contribution in [1.29, 1.82) is 0 Å².